The summed E-state index contributed by atoms with van der Waals surface area (Å²) in [5, 5.41) is 15.2. The van der Waals surface area contributed by atoms with E-state index in [2.05, 4.69) is 10.6 Å². The number of nitrogens with one attached hydrogen (secondary N) is 2. The Balaban J connectivity index is 0.000000240. The Morgan fingerprint density at radius 2 is 0.891 bits per heavy atom. The number of carbonyl (C=O) groups excluding carboxylic acids is 5. The number of alkyl carbamates (subject to hydrolysis) is 2. The molecule has 8 bridgehead atoms. The molecule has 8 fully saturated rings. The standard InChI is InChI=1S/C21H34N2O4.C21H33NO5.CH4/c1-19(2,3)27-18(26)23-20(4,5)16(24)8-15-13-6-12-7-14(15)11-21(9-12,10-13)17(22)25;1-19(2,3)27-18(26)22-20(4,5)16(23)8-15-13-6-12-7-14(15)11-21(9-12,10-13)17(24)25;/h12-15H,6-11H2,1-5H3,(H2,22,25)(H,23,26);12-15H,6-11H2,1-5H3,(H,22,26)(H,24,25);1H4. The molecular weight excluding hydrogens is 702 g/mol. The summed E-state index contributed by atoms with van der Waals surface area (Å²) >= 11 is 0. The Morgan fingerprint density at radius 1 is 0.582 bits per heavy atom. The highest BCUT2D eigenvalue weighted by Crippen LogP contribution is 2.64. The third-order valence-corrected chi connectivity index (χ3v) is 13.8. The zero-order valence-corrected chi connectivity index (χ0v) is 34.4. The molecule has 55 heavy (non-hydrogen) atoms. The quantitative estimate of drug-likeness (QED) is 0.173. The fourth-order valence-corrected chi connectivity index (χ4v) is 11.7. The van der Waals surface area contributed by atoms with Gasteiger partial charge in [0, 0.05) is 18.3 Å². The van der Waals surface area contributed by atoms with Crippen molar-refractivity contribution < 1.29 is 43.3 Å². The number of ether oxygens (including phenoxy) is 2. The van der Waals surface area contributed by atoms with Crippen LogP contribution in [0.2, 0.25) is 0 Å². The lowest BCUT2D eigenvalue weighted by atomic mass is 9.45. The summed E-state index contributed by atoms with van der Waals surface area (Å²) in [5.74, 6) is 2.23. The Morgan fingerprint density at radius 3 is 1.18 bits per heavy atom. The van der Waals surface area contributed by atoms with Crippen LogP contribution in [0.25, 0.3) is 0 Å². The minimum Gasteiger partial charge on any atom is -0.481 e. The molecule has 8 aliphatic carbocycles. The molecule has 0 aromatic carbocycles. The number of primary amides is 1. The van der Waals surface area contributed by atoms with Crippen LogP contribution in [0, 0.1) is 58.2 Å². The number of carbonyl (C=O) groups is 6. The average molecular weight is 774 g/mol. The molecule has 4 unspecified atom stereocenters. The lowest BCUT2D eigenvalue weighted by Gasteiger charge is -2.59. The van der Waals surface area contributed by atoms with Gasteiger partial charge in [-0.2, -0.15) is 0 Å². The zero-order valence-electron chi connectivity index (χ0n) is 34.4. The van der Waals surface area contributed by atoms with Crippen molar-refractivity contribution in [2.24, 2.45) is 63.9 Å². The first-order chi connectivity index (χ1) is 24.6. The van der Waals surface area contributed by atoms with E-state index in [0.29, 0.717) is 67.1 Å². The largest absolute Gasteiger partial charge is 0.481 e. The maximum atomic E-state index is 13.0. The molecule has 8 aliphatic rings. The Bertz CT molecular complexity index is 1380. The molecule has 0 aromatic heterocycles. The smallest absolute Gasteiger partial charge is 0.408 e. The van der Waals surface area contributed by atoms with Gasteiger partial charge in [0.25, 0.3) is 0 Å². The number of aliphatic carboxylic acids is 1. The van der Waals surface area contributed by atoms with Crippen LogP contribution in [0.1, 0.15) is 154 Å². The molecule has 3 amide bonds. The van der Waals surface area contributed by atoms with E-state index < -0.39 is 45.9 Å². The predicted molar refractivity (Wildman–Crippen MR) is 209 cm³/mol. The highest BCUT2D eigenvalue weighted by Gasteiger charge is 2.60. The van der Waals surface area contributed by atoms with Crippen LogP contribution >= 0.6 is 0 Å². The maximum Gasteiger partial charge on any atom is 0.408 e. The molecule has 8 rings (SSSR count). The van der Waals surface area contributed by atoms with E-state index >= 15 is 0 Å². The predicted octanol–water partition coefficient (Wildman–Crippen LogP) is 7.59. The number of hydrogen-bond acceptors (Lipinski definition) is 8. The lowest BCUT2D eigenvalue weighted by molar-refractivity contribution is -0.171. The number of Topliss-reactive ketones (excluding diaryl/α,β-unsaturated/α-hetero) is 2. The first-order valence-electron chi connectivity index (χ1n) is 20.2. The number of ketones is 2. The molecule has 12 heteroatoms. The molecule has 0 radical (unpaired) electrons. The van der Waals surface area contributed by atoms with Crippen LogP contribution in [0.4, 0.5) is 9.59 Å². The van der Waals surface area contributed by atoms with Crippen molar-refractivity contribution in [2.75, 3.05) is 0 Å². The lowest BCUT2D eigenvalue weighted by Crippen LogP contribution is -2.57. The Labute approximate surface area is 328 Å². The number of hydrogen-bond donors (Lipinski definition) is 4. The van der Waals surface area contributed by atoms with Crippen molar-refractivity contribution in [3.05, 3.63) is 0 Å². The van der Waals surface area contributed by atoms with Gasteiger partial charge in [-0.25, -0.2) is 9.59 Å². The van der Waals surface area contributed by atoms with Crippen molar-refractivity contribution in [1.82, 2.24) is 10.6 Å². The summed E-state index contributed by atoms with van der Waals surface area (Å²) < 4.78 is 10.6. The number of rotatable bonds is 10. The van der Waals surface area contributed by atoms with Crippen LogP contribution in [0.15, 0.2) is 0 Å². The summed E-state index contributed by atoms with van der Waals surface area (Å²) in [6.45, 7) is 17.7. The number of carboxylic acids is 1. The van der Waals surface area contributed by atoms with Crippen LogP contribution in [0.5, 0.6) is 0 Å². The maximum absolute atomic E-state index is 13.0. The van der Waals surface area contributed by atoms with E-state index in [1.54, 1.807) is 69.2 Å². The first kappa shape index (κ1) is 44.5. The van der Waals surface area contributed by atoms with E-state index in [0.717, 1.165) is 51.4 Å². The molecule has 0 heterocycles. The Kier molecular flexibility index (Phi) is 12.4. The van der Waals surface area contributed by atoms with Gasteiger partial charge in [-0.3, -0.25) is 19.2 Å². The topological polar surface area (TPSA) is 191 Å². The van der Waals surface area contributed by atoms with Gasteiger partial charge in [-0.05, 0) is 181 Å². The van der Waals surface area contributed by atoms with Gasteiger partial charge >= 0.3 is 18.2 Å². The summed E-state index contributed by atoms with van der Waals surface area (Å²) in [5.41, 5.74) is 1.67. The summed E-state index contributed by atoms with van der Waals surface area (Å²) in [6.07, 6.45) is 8.78. The van der Waals surface area contributed by atoms with Gasteiger partial charge in [0.05, 0.1) is 16.5 Å². The van der Waals surface area contributed by atoms with Crippen molar-refractivity contribution in [2.45, 2.75) is 176 Å². The molecule has 0 aliphatic heterocycles. The molecule has 312 valence electrons. The minimum absolute atomic E-state index is 0. The average Bonchev–Trinajstić information content (AvgIpc) is 2.97. The number of amides is 3. The van der Waals surface area contributed by atoms with Gasteiger partial charge in [0.15, 0.2) is 11.6 Å². The molecule has 0 saturated heterocycles. The normalized spacial score (nSPS) is 34.4. The molecule has 4 atom stereocenters. The summed E-state index contributed by atoms with van der Waals surface area (Å²) in [6, 6.07) is 0. The SMILES string of the molecule is C.CC(C)(C)OC(=O)NC(C)(C)C(=O)CC1C2CC3CC1CC(C(=O)O)(C3)C2.CC(C)(C)OC(=O)NC(C)(C)C(=O)CC1C2CC3CC1CC(C(N)=O)(C3)C2. The fourth-order valence-electron chi connectivity index (χ4n) is 11.7. The second-order valence-electron chi connectivity index (χ2n) is 21.3. The van der Waals surface area contributed by atoms with Crippen LogP contribution in [0.3, 0.4) is 0 Å². The monoisotopic (exact) mass is 774 g/mol. The van der Waals surface area contributed by atoms with Crippen LogP contribution in [-0.4, -0.2) is 63.0 Å². The van der Waals surface area contributed by atoms with E-state index in [1.807, 2.05) is 0 Å². The van der Waals surface area contributed by atoms with Crippen molar-refractivity contribution in [3.63, 3.8) is 0 Å². The minimum atomic E-state index is -0.999. The van der Waals surface area contributed by atoms with Gasteiger partial charge in [-0.15, -0.1) is 0 Å². The zero-order chi connectivity index (χ0) is 40.4. The third kappa shape index (κ3) is 9.86. The van der Waals surface area contributed by atoms with E-state index in [4.69, 9.17) is 15.2 Å². The van der Waals surface area contributed by atoms with E-state index in [-0.39, 0.29) is 36.2 Å². The fraction of sp³-hybridized carbons (Fsp3) is 0.860. The van der Waals surface area contributed by atoms with Gasteiger partial charge < -0.3 is 30.9 Å². The summed E-state index contributed by atoms with van der Waals surface area (Å²) in [4.78, 5) is 74.1. The summed E-state index contributed by atoms with van der Waals surface area (Å²) in [7, 11) is 0. The molecule has 12 nitrogen and oxygen atoms in total. The molecule has 0 aromatic rings. The second-order valence-corrected chi connectivity index (χ2v) is 21.3. The Hall–Kier alpha value is -3.18. The van der Waals surface area contributed by atoms with Crippen LogP contribution in [-0.2, 0) is 28.7 Å². The number of nitrogens with two attached hydrogens (primary N) is 1. The highest BCUT2D eigenvalue weighted by molar-refractivity contribution is 5.92. The molecular formula is C43H71N3O9. The van der Waals surface area contributed by atoms with Gasteiger partial charge in [-0.1, -0.05) is 7.43 Å². The van der Waals surface area contributed by atoms with E-state index in [1.165, 1.54) is 0 Å². The molecule has 8 saturated carbocycles. The molecule has 0 spiro atoms. The second kappa shape index (κ2) is 15.3. The van der Waals surface area contributed by atoms with Gasteiger partial charge in [0.2, 0.25) is 5.91 Å². The van der Waals surface area contributed by atoms with Gasteiger partial charge in [0.1, 0.15) is 11.2 Å². The van der Waals surface area contributed by atoms with Crippen LogP contribution < -0.4 is 16.4 Å². The first-order valence-corrected chi connectivity index (χ1v) is 20.2. The van der Waals surface area contributed by atoms with E-state index in [9.17, 15) is 33.9 Å². The molecule has 5 N–H and O–H groups in total. The third-order valence-electron chi connectivity index (χ3n) is 13.8. The van der Waals surface area contributed by atoms with Crippen molar-refractivity contribution in [1.29, 1.82) is 0 Å². The highest BCUT2D eigenvalue weighted by atomic mass is 16.6. The number of carboxylic acid groups (broad SMARTS) is 1. The van der Waals surface area contributed by atoms with Crippen molar-refractivity contribution >= 4 is 35.6 Å². The van der Waals surface area contributed by atoms with Crippen molar-refractivity contribution in [3.8, 4) is 0 Å².